The van der Waals surface area contributed by atoms with E-state index in [-0.39, 0.29) is 5.91 Å². The lowest BCUT2D eigenvalue weighted by Gasteiger charge is -2.42. The van der Waals surface area contributed by atoms with Gasteiger partial charge in [0.2, 0.25) is 0 Å². The van der Waals surface area contributed by atoms with Crippen LogP contribution in [0.5, 0.6) is 0 Å². The molecule has 0 unspecified atom stereocenters. The minimum atomic E-state index is -0.305. The molecule has 126 valence electrons. The first-order valence-electron chi connectivity index (χ1n) is 8.63. The van der Waals surface area contributed by atoms with Crippen LogP contribution in [0.15, 0.2) is 18.3 Å². The highest BCUT2D eigenvalue weighted by molar-refractivity contribution is 5.93. The normalized spacial score (nSPS) is 26.1. The van der Waals surface area contributed by atoms with Crippen molar-refractivity contribution in [3.05, 3.63) is 23.9 Å². The van der Waals surface area contributed by atoms with Gasteiger partial charge in [-0.1, -0.05) is 6.92 Å². The summed E-state index contributed by atoms with van der Waals surface area (Å²) in [5.74, 6) is 6.68. The Labute approximate surface area is 138 Å². The van der Waals surface area contributed by atoms with Crippen LogP contribution in [0.1, 0.15) is 43.0 Å². The molecule has 6 heteroatoms. The first kappa shape index (κ1) is 16.2. The molecular formula is C17H27N5O. The highest BCUT2D eigenvalue weighted by atomic mass is 16.2. The van der Waals surface area contributed by atoms with Crippen LogP contribution >= 0.6 is 0 Å². The van der Waals surface area contributed by atoms with E-state index in [1.807, 2.05) is 6.07 Å². The zero-order valence-electron chi connectivity index (χ0n) is 13.9. The van der Waals surface area contributed by atoms with Crippen molar-refractivity contribution >= 4 is 11.7 Å². The number of amides is 1. The summed E-state index contributed by atoms with van der Waals surface area (Å²) in [6.45, 7) is 6.58. The number of hydrogen-bond donors (Lipinski definition) is 2. The molecule has 3 rings (SSSR count). The SMILES string of the molecule is CC1CCC(N2CCN(c3ccc(C(=O)NN)cn3)CC2)CC1. The van der Waals surface area contributed by atoms with Gasteiger partial charge in [0.1, 0.15) is 5.82 Å². The molecule has 2 fully saturated rings. The summed E-state index contributed by atoms with van der Waals surface area (Å²) >= 11 is 0. The summed E-state index contributed by atoms with van der Waals surface area (Å²) in [7, 11) is 0. The lowest BCUT2D eigenvalue weighted by atomic mass is 9.86. The van der Waals surface area contributed by atoms with Crippen molar-refractivity contribution < 1.29 is 4.79 Å². The maximum absolute atomic E-state index is 11.4. The van der Waals surface area contributed by atoms with Crippen molar-refractivity contribution in [1.82, 2.24) is 15.3 Å². The smallest absolute Gasteiger partial charge is 0.266 e. The van der Waals surface area contributed by atoms with Gasteiger partial charge in [0.25, 0.3) is 5.91 Å². The quantitative estimate of drug-likeness (QED) is 0.500. The van der Waals surface area contributed by atoms with E-state index in [1.54, 1.807) is 12.3 Å². The first-order chi connectivity index (χ1) is 11.2. The van der Waals surface area contributed by atoms with Crippen LogP contribution < -0.4 is 16.2 Å². The second-order valence-corrected chi connectivity index (χ2v) is 6.82. The summed E-state index contributed by atoms with van der Waals surface area (Å²) < 4.78 is 0. The van der Waals surface area contributed by atoms with Crippen LogP contribution in [-0.2, 0) is 0 Å². The highest BCUT2D eigenvalue weighted by Crippen LogP contribution is 2.28. The zero-order chi connectivity index (χ0) is 16.2. The molecule has 1 saturated carbocycles. The fraction of sp³-hybridized carbons (Fsp3) is 0.647. The number of nitrogens with one attached hydrogen (secondary N) is 1. The number of nitrogens with zero attached hydrogens (tertiary/aromatic N) is 3. The van der Waals surface area contributed by atoms with Gasteiger partial charge in [0.05, 0.1) is 5.56 Å². The maximum atomic E-state index is 11.4. The molecule has 1 aromatic heterocycles. The van der Waals surface area contributed by atoms with Crippen LogP contribution in [0.2, 0.25) is 0 Å². The van der Waals surface area contributed by atoms with E-state index in [1.165, 1.54) is 25.7 Å². The van der Waals surface area contributed by atoms with Gasteiger partial charge in [-0.05, 0) is 43.7 Å². The Morgan fingerprint density at radius 1 is 1.17 bits per heavy atom. The fourth-order valence-electron chi connectivity index (χ4n) is 3.71. The summed E-state index contributed by atoms with van der Waals surface area (Å²) in [6.07, 6.45) is 7.03. The molecule has 1 aliphatic carbocycles. The molecule has 1 amide bonds. The number of nitrogens with two attached hydrogens (primary N) is 1. The van der Waals surface area contributed by atoms with Crippen molar-refractivity contribution in [3.63, 3.8) is 0 Å². The van der Waals surface area contributed by atoms with Crippen LogP contribution in [0.4, 0.5) is 5.82 Å². The predicted molar refractivity (Wildman–Crippen MR) is 91.1 cm³/mol. The van der Waals surface area contributed by atoms with Crippen molar-refractivity contribution in [2.75, 3.05) is 31.1 Å². The Bertz CT molecular complexity index is 516. The molecule has 1 aromatic rings. The highest BCUT2D eigenvalue weighted by Gasteiger charge is 2.27. The van der Waals surface area contributed by atoms with Crippen LogP contribution in [0.3, 0.4) is 0 Å². The van der Waals surface area contributed by atoms with Crippen molar-refractivity contribution in [2.24, 2.45) is 11.8 Å². The number of pyridine rings is 1. The molecule has 3 N–H and O–H groups in total. The molecule has 0 bridgehead atoms. The summed E-state index contributed by atoms with van der Waals surface area (Å²) in [4.78, 5) is 20.8. The standard InChI is InChI=1S/C17H27N5O/c1-13-2-5-15(6-3-13)21-8-10-22(11-9-21)16-7-4-14(12-19-16)17(23)20-18/h4,7,12-13,15H,2-3,5-6,8-11,18H2,1H3,(H,20,23). The third kappa shape index (κ3) is 3.82. The van der Waals surface area contributed by atoms with Gasteiger partial charge in [-0.2, -0.15) is 0 Å². The van der Waals surface area contributed by atoms with Crippen LogP contribution in [0.25, 0.3) is 0 Å². The number of carbonyl (C=O) groups excluding carboxylic acids is 1. The molecule has 2 heterocycles. The van der Waals surface area contributed by atoms with E-state index in [2.05, 4.69) is 27.1 Å². The number of piperazine rings is 1. The molecule has 0 aromatic carbocycles. The second-order valence-electron chi connectivity index (χ2n) is 6.82. The summed E-state index contributed by atoms with van der Waals surface area (Å²) in [5.41, 5.74) is 2.62. The molecule has 6 nitrogen and oxygen atoms in total. The lowest BCUT2D eigenvalue weighted by molar-refractivity contribution is 0.0953. The third-order valence-corrected chi connectivity index (χ3v) is 5.28. The van der Waals surface area contributed by atoms with Gasteiger partial charge < -0.3 is 4.90 Å². The number of hydrogen-bond acceptors (Lipinski definition) is 5. The van der Waals surface area contributed by atoms with Gasteiger partial charge in [-0.15, -0.1) is 0 Å². The van der Waals surface area contributed by atoms with Gasteiger partial charge >= 0.3 is 0 Å². The first-order valence-corrected chi connectivity index (χ1v) is 8.63. The average molecular weight is 317 g/mol. The minimum absolute atomic E-state index is 0.305. The topological polar surface area (TPSA) is 74.5 Å². The molecule has 23 heavy (non-hydrogen) atoms. The third-order valence-electron chi connectivity index (χ3n) is 5.28. The van der Waals surface area contributed by atoms with Gasteiger partial charge in [0, 0.05) is 38.4 Å². The second kappa shape index (κ2) is 7.27. The largest absolute Gasteiger partial charge is 0.354 e. The fourth-order valence-corrected chi connectivity index (χ4v) is 3.71. The molecule has 0 spiro atoms. The number of hydrazine groups is 1. The number of rotatable bonds is 3. The Morgan fingerprint density at radius 3 is 2.43 bits per heavy atom. The van der Waals surface area contributed by atoms with Crippen molar-refractivity contribution in [2.45, 2.75) is 38.6 Å². The Hall–Kier alpha value is -1.66. The number of aromatic nitrogens is 1. The van der Waals surface area contributed by atoms with Gasteiger partial charge in [-0.3, -0.25) is 15.1 Å². The molecular weight excluding hydrogens is 290 g/mol. The Balaban J connectivity index is 1.53. The molecule has 1 aliphatic heterocycles. The average Bonchev–Trinajstić information content (AvgIpc) is 2.62. The van der Waals surface area contributed by atoms with Crippen molar-refractivity contribution in [3.8, 4) is 0 Å². The van der Waals surface area contributed by atoms with Gasteiger partial charge in [-0.25, -0.2) is 10.8 Å². The van der Waals surface area contributed by atoms with E-state index in [9.17, 15) is 4.79 Å². The van der Waals surface area contributed by atoms with E-state index >= 15 is 0 Å². The van der Waals surface area contributed by atoms with E-state index in [0.29, 0.717) is 5.56 Å². The van der Waals surface area contributed by atoms with E-state index in [0.717, 1.165) is 44.0 Å². The summed E-state index contributed by atoms with van der Waals surface area (Å²) in [5, 5.41) is 0. The maximum Gasteiger partial charge on any atom is 0.266 e. The monoisotopic (exact) mass is 317 g/mol. The van der Waals surface area contributed by atoms with E-state index in [4.69, 9.17) is 5.84 Å². The Morgan fingerprint density at radius 2 is 1.87 bits per heavy atom. The lowest BCUT2D eigenvalue weighted by Crippen LogP contribution is -2.51. The van der Waals surface area contributed by atoms with E-state index < -0.39 is 0 Å². The number of anilines is 1. The molecule has 1 saturated heterocycles. The summed E-state index contributed by atoms with van der Waals surface area (Å²) in [6, 6.07) is 4.46. The number of carbonyl (C=O) groups is 1. The predicted octanol–water partition coefficient (Wildman–Crippen LogP) is 1.39. The molecule has 2 aliphatic rings. The number of nitrogen functional groups attached to an aromatic ring is 1. The zero-order valence-corrected chi connectivity index (χ0v) is 13.9. The minimum Gasteiger partial charge on any atom is -0.354 e. The van der Waals surface area contributed by atoms with Crippen LogP contribution in [0, 0.1) is 5.92 Å². The van der Waals surface area contributed by atoms with Crippen molar-refractivity contribution in [1.29, 1.82) is 0 Å². The molecule has 0 atom stereocenters. The van der Waals surface area contributed by atoms with Crippen LogP contribution in [-0.4, -0.2) is 48.0 Å². The Kier molecular flexibility index (Phi) is 5.13. The molecule has 0 radical (unpaired) electrons. The van der Waals surface area contributed by atoms with Gasteiger partial charge in [0.15, 0.2) is 0 Å².